The van der Waals surface area contributed by atoms with E-state index >= 15 is 0 Å². The van der Waals surface area contributed by atoms with E-state index in [1.807, 2.05) is 24.3 Å². The fraction of sp³-hybridized carbons (Fsp3) is 0.360. The summed E-state index contributed by atoms with van der Waals surface area (Å²) in [6.45, 7) is 1.23. The van der Waals surface area contributed by atoms with Crippen molar-refractivity contribution in [2.24, 2.45) is 5.92 Å². The highest BCUT2D eigenvalue weighted by atomic mass is 16.5. The molecule has 5 rings (SSSR count). The highest BCUT2D eigenvalue weighted by molar-refractivity contribution is 5.99. The summed E-state index contributed by atoms with van der Waals surface area (Å²) in [5.74, 6) is 1.43. The zero-order valence-electron chi connectivity index (χ0n) is 19.0. The minimum absolute atomic E-state index is 0.00597. The van der Waals surface area contributed by atoms with E-state index in [9.17, 15) is 14.4 Å². The van der Waals surface area contributed by atoms with Crippen molar-refractivity contribution in [3.8, 4) is 11.5 Å². The molecule has 0 saturated carbocycles. The van der Waals surface area contributed by atoms with Crippen LogP contribution in [0.15, 0.2) is 47.4 Å². The summed E-state index contributed by atoms with van der Waals surface area (Å²) >= 11 is 0. The second-order valence-electron chi connectivity index (χ2n) is 8.69. The van der Waals surface area contributed by atoms with Crippen LogP contribution in [0.1, 0.15) is 25.7 Å². The topological polar surface area (TPSA) is 103 Å². The minimum atomic E-state index is -0.199. The Morgan fingerprint density at radius 2 is 2.03 bits per heavy atom. The smallest absolute Gasteiger partial charge is 0.269 e. The number of amides is 2. The molecule has 1 aromatic heterocycles. The Morgan fingerprint density at radius 1 is 1.15 bits per heavy atom. The van der Waals surface area contributed by atoms with Crippen molar-refractivity contribution in [2.75, 3.05) is 30.5 Å². The second kappa shape index (κ2) is 9.17. The Labute approximate surface area is 196 Å². The summed E-state index contributed by atoms with van der Waals surface area (Å²) in [7, 11) is 1.60. The fourth-order valence-corrected chi connectivity index (χ4v) is 4.67. The number of aryl methyl sites for hydroxylation is 1. The minimum Gasteiger partial charge on any atom is -0.497 e. The third kappa shape index (κ3) is 4.33. The molecule has 1 atom stereocenters. The van der Waals surface area contributed by atoms with Gasteiger partial charge in [0, 0.05) is 31.3 Å². The van der Waals surface area contributed by atoms with Crippen molar-refractivity contribution >= 4 is 34.2 Å². The van der Waals surface area contributed by atoms with E-state index in [-0.39, 0.29) is 29.9 Å². The van der Waals surface area contributed by atoms with Gasteiger partial charge in [0.25, 0.3) is 11.5 Å². The average molecular weight is 463 g/mol. The summed E-state index contributed by atoms with van der Waals surface area (Å²) in [5.41, 5.74) is 2.74. The van der Waals surface area contributed by atoms with E-state index in [4.69, 9.17) is 9.47 Å². The van der Waals surface area contributed by atoms with Crippen molar-refractivity contribution in [1.29, 1.82) is 0 Å². The van der Waals surface area contributed by atoms with Crippen LogP contribution in [0.3, 0.4) is 0 Å². The Bertz CT molecular complexity index is 1320. The number of hydrogen-bond donors (Lipinski definition) is 1. The number of methoxy groups -OCH3 is 1. The molecule has 0 aliphatic carbocycles. The maximum atomic E-state index is 12.7. The van der Waals surface area contributed by atoms with Crippen molar-refractivity contribution in [3.63, 3.8) is 0 Å². The van der Waals surface area contributed by atoms with Crippen LogP contribution in [-0.4, -0.2) is 41.6 Å². The number of aromatic nitrogens is 2. The first kappa shape index (κ1) is 21.9. The molecular weight excluding hydrogens is 436 g/mol. The number of ether oxygens (including phenoxy) is 2. The van der Waals surface area contributed by atoms with Crippen LogP contribution in [0.25, 0.3) is 11.0 Å². The Balaban J connectivity index is 1.20. The molecule has 9 nitrogen and oxygen atoms in total. The molecule has 3 heterocycles. The molecule has 3 aromatic rings. The molecule has 1 saturated heterocycles. The molecule has 2 amide bonds. The molecule has 176 valence electrons. The number of nitrogens with zero attached hydrogens (tertiary/aromatic N) is 3. The number of anilines is 2. The van der Waals surface area contributed by atoms with Gasteiger partial charge < -0.3 is 24.3 Å². The van der Waals surface area contributed by atoms with Crippen LogP contribution in [0, 0.1) is 5.92 Å². The quantitative estimate of drug-likeness (QED) is 0.542. The number of rotatable bonds is 7. The third-order valence-corrected chi connectivity index (χ3v) is 6.41. The van der Waals surface area contributed by atoms with E-state index in [1.54, 1.807) is 28.7 Å². The lowest BCUT2D eigenvalue weighted by atomic mass is 10.0. The van der Waals surface area contributed by atoms with E-state index < -0.39 is 0 Å². The summed E-state index contributed by atoms with van der Waals surface area (Å²) < 4.78 is 12.4. The standard InChI is InChI=1S/C25H26N4O5/c1-33-18-6-7-19-21(12-18)28(25(32)13-26-19)9-3-2-4-16-10-24(31)29(14-16)17-5-8-22-20(11-17)27-23(30)15-34-22/h5-8,11-13,16H,2-4,9-10,14-15H2,1H3,(H,27,30)/t16-/m1/s1. The molecule has 34 heavy (non-hydrogen) atoms. The van der Waals surface area contributed by atoms with Gasteiger partial charge in [-0.3, -0.25) is 14.4 Å². The lowest BCUT2D eigenvalue weighted by molar-refractivity contribution is -0.118. The van der Waals surface area contributed by atoms with Gasteiger partial charge in [0.05, 0.1) is 30.0 Å². The van der Waals surface area contributed by atoms with Crippen LogP contribution in [0.2, 0.25) is 0 Å². The van der Waals surface area contributed by atoms with Crippen molar-refractivity contribution in [2.45, 2.75) is 32.2 Å². The SMILES string of the molecule is COc1ccc2ncc(=O)n(CCCC[C@@H]3CC(=O)N(c4ccc5c(c4)NC(=O)CO5)C3)c2c1. The molecule has 0 unspecified atom stereocenters. The first-order chi connectivity index (χ1) is 16.5. The van der Waals surface area contributed by atoms with Crippen LogP contribution in [-0.2, 0) is 16.1 Å². The number of fused-ring (bicyclic) bond motifs is 2. The first-order valence-corrected chi connectivity index (χ1v) is 11.4. The molecule has 0 bridgehead atoms. The van der Waals surface area contributed by atoms with Gasteiger partial charge >= 0.3 is 0 Å². The molecule has 0 radical (unpaired) electrons. The molecule has 1 fully saturated rings. The largest absolute Gasteiger partial charge is 0.497 e. The highest BCUT2D eigenvalue weighted by Gasteiger charge is 2.31. The molecule has 2 aliphatic heterocycles. The lowest BCUT2D eigenvalue weighted by Gasteiger charge is -2.22. The number of carbonyl (C=O) groups is 2. The summed E-state index contributed by atoms with van der Waals surface area (Å²) in [5, 5.41) is 2.79. The maximum absolute atomic E-state index is 12.7. The zero-order valence-corrected chi connectivity index (χ0v) is 19.0. The van der Waals surface area contributed by atoms with Gasteiger partial charge in [-0.25, -0.2) is 4.98 Å². The number of hydrogen-bond acceptors (Lipinski definition) is 6. The van der Waals surface area contributed by atoms with Gasteiger partial charge in [-0.15, -0.1) is 0 Å². The lowest BCUT2D eigenvalue weighted by Crippen LogP contribution is -2.27. The molecular formula is C25H26N4O5. The Hall–Kier alpha value is -3.88. The Morgan fingerprint density at radius 3 is 2.88 bits per heavy atom. The number of unbranched alkanes of at least 4 members (excludes halogenated alkanes) is 1. The van der Waals surface area contributed by atoms with Gasteiger partial charge in [0.1, 0.15) is 11.5 Å². The summed E-state index contributed by atoms with van der Waals surface area (Å²) in [6.07, 6.45) is 4.47. The molecule has 0 spiro atoms. The highest BCUT2D eigenvalue weighted by Crippen LogP contribution is 2.35. The normalized spacial score (nSPS) is 17.4. The summed E-state index contributed by atoms with van der Waals surface area (Å²) in [6, 6.07) is 10.9. The van der Waals surface area contributed by atoms with Crippen LogP contribution < -0.4 is 25.2 Å². The van der Waals surface area contributed by atoms with E-state index in [1.165, 1.54) is 6.20 Å². The van der Waals surface area contributed by atoms with Gasteiger partial charge in [-0.1, -0.05) is 6.42 Å². The number of nitrogens with one attached hydrogen (secondary N) is 1. The number of benzene rings is 2. The average Bonchev–Trinajstić information content (AvgIpc) is 3.22. The second-order valence-corrected chi connectivity index (χ2v) is 8.69. The predicted octanol–water partition coefficient (Wildman–Crippen LogP) is 2.96. The van der Waals surface area contributed by atoms with Gasteiger partial charge in [-0.05, 0) is 49.1 Å². The molecule has 9 heteroatoms. The van der Waals surface area contributed by atoms with Gasteiger partial charge in [0.2, 0.25) is 5.91 Å². The van der Waals surface area contributed by atoms with Crippen LogP contribution in [0.4, 0.5) is 11.4 Å². The van der Waals surface area contributed by atoms with Gasteiger partial charge in [0.15, 0.2) is 6.61 Å². The molecule has 2 aliphatic rings. The molecule has 2 aromatic carbocycles. The Kier molecular flexibility index (Phi) is 5.91. The first-order valence-electron chi connectivity index (χ1n) is 11.4. The van der Waals surface area contributed by atoms with E-state index in [0.717, 1.165) is 36.0 Å². The summed E-state index contributed by atoms with van der Waals surface area (Å²) in [4.78, 5) is 42.7. The van der Waals surface area contributed by atoms with Crippen molar-refractivity contribution in [1.82, 2.24) is 9.55 Å². The maximum Gasteiger partial charge on any atom is 0.269 e. The zero-order chi connectivity index (χ0) is 23.7. The van der Waals surface area contributed by atoms with Crippen LogP contribution in [0.5, 0.6) is 11.5 Å². The predicted molar refractivity (Wildman–Crippen MR) is 127 cm³/mol. The molecule has 1 N–H and O–H groups in total. The van der Waals surface area contributed by atoms with Crippen LogP contribution >= 0.6 is 0 Å². The van der Waals surface area contributed by atoms with Gasteiger partial charge in [-0.2, -0.15) is 0 Å². The van der Waals surface area contributed by atoms with E-state index in [0.29, 0.717) is 36.7 Å². The number of carbonyl (C=O) groups excluding carboxylic acids is 2. The van der Waals surface area contributed by atoms with E-state index in [2.05, 4.69) is 10.3 Å². The monoisotopic (exact) mass is 462 g/mol. The fourth-order valence-electron chi connectivity index (χ4n) is 4.67. The third-order valence-electron chi connectivity index (χ3n) is 6.41. The van der Waals surface area contributed by atoms with Crippen molar-refractivity contribution < 1.29 is 19.1 Å². The van der Waals surface area contributed by atoms with Crippen molar-refractivity contribution in [3.05, 3.63) is 52.9 Å².